The van der Waals surface area contributed by atoms with Gasteiger partial charge in [0.2, 0.25) is 10.0 Å². The molecule has 1 heterocycles. The first-order valence-electron chi connectivity index (χ1n) is 9.48. The van der Waals surface area contributed by atoms with Gasteiger partial charge in [0.25, 0.3) is 0 Å². The van der Waals surface area contributed by atoms with Crippen LogP contribution in [0.15, 0.2) is 58.2 Å². The second-order valence-electron chi connectivity index (χ2n) is 6.99. The molecule has 0 unspecified atom stereocenters. The molecule has 0 atom stereocenters. The van der Waals surface area contributed by atoms with Gasteiger partial charge in [-0.05, 0) is 49.2 Å². The number of rotatable bonds is 8. The molecular weight excluding hydrogens is 411 g/mol. The molecule has 1 N–H and O–H groups in total. The van der Waals surface area contributed by atoms with Gasteiger partial charge in [0.15, 0.2) is 5.82 Å². The van der Waals surface area contributed by atoms with Crippen molar-refractivity contribution in [2.24, 2.45) is 0 Å². The lowest BCUT2D eigenvalue weighted by Gasteiger charge is -2.07. The summed E-state index contributed by atoms with van der Waals surface area (Å²) in [5, 5.41) is 4.42. The molecule has 0 radical (unpaired) electrons. The van der Waals surface area contributed by atoms with Crippen molar-refractivity contribution < 1.29 is 17.5 Å². The largest absolute Gasteiger partial charge is 0.497 e. The minimum atomic E-state index is -4.03. The van der Waals surface area contributed by atoms with E-state index in [9.17, 15) is 17.6 Å². The molecule has 1 fully saturated rings. The van der Waals surface area contributed by atoms with Crippen LogP contribution in [0.25, 0.3) is 11.4 Å². The Hall–Kier alpha value is -2.98. The Balaban J connectivity index is 1.55. The standard InChI is InChI=1S/C20H21FN4O4S/c1-29-16-10-6-14(7-11-16)19-23-24(20(26)25(19)15-8-9-15)13-12-22-30(27,28)18-5-3-2-4-17(18)21/h2-7,10-11,15,22H,8-9,12-13H2,1H3. The number of aromatic nitrogens is 3. The van der Waals surface area contributed by atoms with E-state index in [-0.39, 0.29) is 24.8 Å². The smallest absolute Gasteiger partial charge is 0.346 e. The van der Waals surface area contributed by atoms with Crippen LogP contribution in [0, 0.1) is 5.82 Å². The van der Waals surface area contributed by atoms with Gasteiger partial charge in [0, 0.05) is 18.2 Å². The Morgan fingerprint density at radius 2 is 1.87 bits per heavy atom. The van der Waals surface area contributed by atoms with Gasteiger partial charge in [0.1, 0.15) is 16.5 Å². The minimum absolute atomic E-state index is 0.0232. The molecule has 0 saturated heterocycles. The van der Waals surface area contributed by atoms with E-state index >= 15 is 0 Å². The Labute approximate surface area is 173 Å². The average molecular weight is 432 g/mol. The summed E-state index contributed by atoms with van der Waals surface area (Å²) in [6.45, 7) is -0.0737. The van der Waals surface area contributed by atoms with E-state index in [0.29, 0.717) is 11.6 Å². The number of hydrogen-bond acceptors (Lipinski definition) is 5. The third-order valence-corrected chi connectivity index (χ3v) is 6.37. The molecule has 0 bridgehead atoms. The molecule has 1 aromatic heterocycles. The van der Waals surface area contributed by atoms with E-state index in [1.54, 1.807) is 23.8 Å². The summed E-state index contributed by atoms with van der Waals surface area (Å²) in [4.78, 5) is 12.4. The molecule has 30 heavy (non-hydrogen) atoms. The number of nitrogens with zero attached hydrogens (tertiary/aromatic N) is 3. The average Bonchev–Trinajstić information content (AvgIpc) is 3.52. The van der Waals surface area contributed by atoms with Crippen molar-refractivity contribution in [2.45, 2.75) is 30.3 Å². The van der Waals surface area contributed by atoms with E-state index in [1.165, 1.54) is 22.9 Å². The highest BCUT2D eigenvalue weighted by Crippen LogP contribution is 2.36. The highest BCUT2D eigenvalue weighted by atomic mass is 32.2. The summed E-state index contributed by atoms with van der Waals surface area (Å²) >= 11 is 0. The van der Waals surface area contributed by atoms with Crippen molar-refractivity contribution in [1.82, 2.24) is 19.1 Å². The van der Waals surface area contributed by atoms with Crippen molar-refractivity contribution in [1.29, 1.82) is 0 Å². The van der Waals surface area contributed by atoms with Crippen LogP contribution < -0.4 is 15.1 Å². The summed E-state index contributed by atoms with van der Waals surface area (Å²) in [5.41, 5.74) is 0.471. The first kappa shape index (κ1) is 20.3. The van der Waals surface area contributed by atoms with Crippen LogP contribution in [0.1, 0.15) is 18.9 Å². The first-order chi connectivity index (χ1) is 14.4. The molecule has 0 spiro atoms. The minimum Gasteiger partial charge on any atom is -0.497 e. The van der Waals surface area contributed by atoms with Gasteiger partial charge in [-0.2, -0.15) is 0 Å². The third kappa shape index (κ3) is 4.01. The van der Waals surface area contributed by atoms with Crippen molar-refractivity contribution in [3.63, 3.8) is 0 Å². The summed E-state index contributed by atoms with van der Waals surface area (Å²) in [6.07, 6.45) is 1.79. The lowest BCUT2D eigenvalue weighted by molar-refractivity contribution is 0.415. The molecule has 10 heteroatoms. The van der Waals surface area contributed by atoms with Crippen LogP contribution in [0.2, 0.25) is 0 Å². The molecule has 1 saturated carbocycles. The fraction of sp³-hybridized carbons (Fsp3) is 0.300. The number of sulfonamides is 1. The maximum absolute atomic E-state index is 13.8. The Morgan fingerprint density at radius 1 is 1.17 bits per heavy atom. The zero-order valence-corrected chi connectivity index (χ0v) is 17.1. The van der Waals surface area contributed by atoms with Crippen LogP contribution in [0.3, 0.4) is 0 Å². The lowest BCUT2D eigenvalue weighted by atomic mass is 10.2. The molecule has 3 aromatic rings. The van der Waals surface area contributed by atoms with E-state index in [0.717, 1.165) is 24.5 Å². The number of methoxy groups -OCH3 is 1. The van der Waals surface area contributed by atoms with Gasteiger partial charge < -0.3 is 4.74 Å². The maximum atomic E-state index is 13.8. The fourth-order valence-corrected chi connectivity index (χ4v) is 4.29. The summed E-state index contributed by atoms with van der Waals surface area (Å²) in [6, 6.07) is 12.5. The lowest BCUT2D eigenvalue weighted by Crippen LogP contribution is -2.32. The number of ether oxygens (including phenoxy) is 1. The second kappa shape index (κ2) is 8.04. The predicted octanol–water partition coefficient (Wildman–Crippen LogP) is 2.17. The number of benzene rings is 2. The van der Waals surface area contributed by atoms with Gasteiger partial charge in [-0.1, -0.05) is 12.1 Å². The van der Waals surface area contributed by atoms with Crippen molar-refractivity contribution >= 4 is 10.0 Å². The fourth-order valence-electron chi connectivity index (χ4n) is 3.19. The van der Waals surface area contributed by atoms with Crippen molar-refractivity contribution in [3.05, 3.63) is 64.8 Å². The maximum Gasteiger partial charge on any atom is 0.346 e. The Morgan fingerprint density at radius 3 is 2.50 bits per heavy atom. The zero-order chi connectivity index (χ0) is 21.3. The molecule has 1 aliphatic rings. The van der Waals surface area contributed by atoms with Gasteiger partial charge in [-0.15, -0.1) is 5.10 Å². The van der Waals surface area contributed by atoms with Gasteiger partial charge in [0.05, 0.1) is 13.7 Å². The second-order valence-corrected chi connectivity index (χ2v) is 8.72. The molecule has 0 amide bonds. The number of nitrogens with one attached hydrogen (secondary N) is 1. The van der Waals surface area contributed by atoms with E-state index in [4.69, 9.17) is 4.74 Å². The Bertz CT molecular complexity index is 1210. The van der Waals surface area contributed by atoms with Gasteiger partial charge in [-0.25, -0.2) is 27.0 Å². The van der Waals surface area contributed by atoms with Crippen LogP contribution in [0.4, 0.5) is 4.39 Å². The molecule has 4 rings (SSSR count). The third-order valence-electron chi connectivity index (χ3n) is 4.87. The van der Waals surface area contributed by atoms with Crippen LogP contribution in [-0.4, -0.2) is 36.4 Å². The highest BCUT2D eigenvalue weighted by molar-refractivity contribution is 7.89. The van der Waals surface area contributed by atoms with Crippen LogP contribution >= 0.6 is 0 Å². The summed E-state index contributed by atoms with van der Waals surface area (Å²) in [5.74, 6) is 0.394. The topological polar surface area (TPSA) is 95.2 Å². The molecule has 158 valence electrons. The molecule has 0 aliphatic heterocycles. The molecule has 1 aliphatic carbocycles. The van der Waals surface area contributed by atoms with E-state index in [2.05, 4.69) is 9.82 Å². The number of halogens is 1. The highest BCUT2D eigenvalue weighted by Gasteiger charge is 2.30. The Kier molecular flexibility index (Phi) is 5.44. The SMILES string of the molecule is COc1ccc(-c2nn(CCNS(=O)(=O)c3ccccc3F)c(=O)n2C2CC2)cc1. The van der Waals surface area contributed by atoms with E-state index in [1.807, 2.05) is 12.1 Å². The molecule has 2 aromatic carbocycles. The van der Waals surface area contributed by atoms with Crippen LogP contribution in [-0.2, 0) is 16.6 Å². The summed E-state index contributed by atoms with van der Waals surface area (Å²) in [7, 11) is -2.45. The van der Waals surface area contributed by atoms with Gasteiger partial charge >= 0.3 is 5.69 Å². The van der Waals surface area contributed by atoms with Crippen molar-refractivity contribution in [3.8, 4) is 17.1 Å². The van der Waals surface area contributed by atoms with Gasteiger partial charge in [-0.3, -0.25) is 4.57 Å². The zero-order valence-electron chi connectivity index (χ0n) is 16.3. The summed E-state index contributed by atoms with van der Waals surface area (Å²) < 4.78 is 48.8. The van der Waals surface area contributed by atoms with Crippen molar-refractivity contribution in [2.75, 3.05) is 13.7 Å². The van der Waals surface area contributed by atoms with E-state index < -0.39 is 20.7 Å². The monoisotopic (exact) mass is 432 g/mol. The first-order valence-corrected chi connectivity index (χ1v) is 11.0. The molecule has 8 nitrogen and oxygen atoms in total. The molecular formula is C20H21FN4O4S. The van der Waals surface area contributed by atoms with Crippen LogP contribution in [0.5, 0.6) is 5.75 Å². The number of hydrogen-bond donors (Lipinski definition) is 1. The predicted molar refractivity (Wildman–Crippen MR) is 108 cm³/mol. The quantitative estimate of drug-likeness (QED) is 0.589. The normalized spacial score (nSPS) is 14.1.